The third kappa shape index (κ3) is 7.47. The van der Waals surface area contributed by atoms with Gasteiger partial charge in [0.25, 0.3) is 0 Å². The molecule has 142 valence electrons. The van der Waals surface area contributed by atoms with Crippen LogP contribution in [0.25, 0.3) is 0 Å². The smallest absolute Gasteiger partial charge is 0.241 e. The van der Waals surface area contributed by atoms with Crippen LogP contribution >= 0.6 is 12.4 Å². The van der Waals surface area contributed by atoms with E-state index in [-0.39, 0.29) is 18.3 Å². The third-order valence-electron chi connectivity index (χ3n) is 4.49. The van der Waals surface area contributed by atoms with Gasteiger partial charge in [-0.25, -0.2) is 0 Å². The van der Waals surface area contributed by atoms with Crippen LogP contribution in [0.3, 0.4) is 0 Å². The fourth-order valence-electron chi connectivity index (χ4n) is 3.20. The lowest BCUT2D eigenvalue weighted by molar-refractivity contribution is -0.117. The molecule has 3 N–H and O–H groups in total. The Bertz CT molecular complexity index is 574. The number of carbonyl (C=O) groups excluding carboxylic acids is 1. The number of amides is 1. The lowest BCUT2D eigenvalue weighted by Gasteiger charge is -2.21. The molecule has 1 aliphatic carbocycles. The molecule has 0 spiro atoms. The van der Waals surface area contributed by atoms with Crippen molar-refractivity contribution in [2.45, 2.75) is 69.4 Å². The number of hydrogen-bond acceptors (Lipinski definition) is 3. The van der Waals surface area contributed by atoms with Crippen LogP contribution in [0.15, 0.2) is 24.3 Å². The third-order valence-corrected chi connectivity index (χ3v) is 6.32. The second-order valence-corrected chi connectivity index (χ2v) is 8.93. The van der Waals surface area contributed by atoms with E-state index in [0.717, 1.165) is 24.1 Å². The Hall–Kier alpha value is -0.910. The maximum atomic E-state index is 12.5. The molecule has 1 aromatic rings. The number of hydrogen-bond donors (Lipinski definition) is 2. The van der Waals surface area contributed by atoms with Crippen LogP contribution in [0, 0.1) is 5.92 Å². The van der Waals surface area contributed by atoms with Crippen molar-refractivity contribution in [3.05, 3.63) is 29.8 Å². The number of nitrogens with one attached hydrogen (secondary N) is 1. The van der Waals surface area contributed by atoms with Crippen molar-refractivity contribution in [1.82, 2.24) is 0 Å². The van der Waals surface area contributed by atoms with E-state index in [1.807, 2.05) is 38.1 Å². The Morgan fingerprint density at radius 1 is 1.28 bits per heavy atom. The average Bonchev–Trinajstić information content (AvgIpc) is 2.55. The van der Waals surface area contributed by atoms with Crippen LogP contribution in [0.2, 0.25) is 0 Å². The molecule has 1 amide bonds. The van der Waals surface area contributed by atoms with Crippen molar-refractivity contribution in [2.75, 3.05) is 5.32 Å². The Kier molecular flexibility index (Phi) is 9.69. The van der Waals surface area contributed by atoms with Crippen molar-refractivity contribution in [3.8, 4) is 0 Å². The Labute approximate surface area is 160 Å². The second-order valence-electron chi connectivity index (χ2n) is 7.21. The molecule has 1 aliphatic rings. The number of anilines is 1. The highest BCUT2D eigenvalue weighted by molar-refractivity contribution is 7.84. The first-order chi connectivity index (χ1) is 11.5. The van der Waals surface area contributed by atoms with Gasteiger partial charge in [-0.15, -0.1) is 12.4 Å². The van der Waals surface area contributed by atoms with Gasteiger partial charge < -0.3 is 11.1 Å². The minimum Gasteiger partial charge on any atom is -0.325 e. The lowest BCUT2D eigenvalue weighted by Crippen LogP contribution is -2.36. The Balaban J connectivity index is 0.00000312. The Morgan fingerprint density at radius 3 is 2.60 bits per heavy atom. The molecule has 6 heteroatoms. The van der Waals surface area contributed by atoms with Gasteiger partial charge in [0.2, 0.25) is 5.91 Å². The van der Waals surface area contributed by atoms with Crippen LogP contribution in [-0.4, -0.2) is 21.4 Å². The highest BCUT2D eigenvalue weighted by Gasteiger charge is 2.20. The van der Waals surface area contributed by atoms with Crippen molar-refractivity contribution in [3.63, 3.8) is 0 Å². The van der Waals surface area contributed by atoms with E-state index in [1.54, 1.807) is 0 Å². The molecule has 1 aromatic carbocycles. The molecule has 2 atom stereocenters. The van der Waals surface area contributed by atoms with Crippen LogP contribution in [0.5, 0.6) is 0 Å². The summed E-state index contributed by atoms with van der Waals surface area (Å²) in [5, 5.41) is 3.21. The summed E-state index contributed by atoms with van der Waals surface area (Å²) in [7, 11) is -0.832. The summed E-state index contributed by atoms with van der Waals surface area (Å²) in [6.07, 6.45) is 6.48. The van der Waals surface area contributed by atoms with Gasteiger partial charge in [-0.2, -0.15) is 0 Å². The maximum absolute atomic E-state index is 12.5. The molecule has 2 rings (SSSR count). The predicted molar refractivity (Wildman–Crippen MR) is 108 cm³/mol. The van der Waals surface area contributed by atoms with Crippen LogP contribution in [-0.2, 0) is 21.3 Å². The standard InChI is InChI=1S/C19H30N2O2S.ClH/c1-14(2)11-18(20)19(22)21-16-8-6-7-15(12-16)13-24(23)17-9-4-3-5-10-17;/h6-8,12,14,17-18H,3-5,9-11,13,20H2,1-2H3,(H,21,22);1H/t18-,24?;/m0./s1. The van der Waals surface area contributed by atoms with E-state index in [9.17, 15) is 9.00 Å². The average molecular weight is 387 g/mol. The van der Waals surface area contributed by atoms with Gasteiger partial charge in [0.05, 0.1) is 6.04 Å². The zero-order valence-corrected chi connectivity index (χ0v) is 16.8. The van der Waals surface area contributed by atoms with Gasteiger partial charge in [-0.1, -0.05) is 45.2 Å². The molecule has 0 radical (unpaired) electrons. The predicted octanol–water partition coefficient (Wildman–Crippen LogP) is 4.00. The van der Waals surface area contributed by atoms with Crippen LogP contribution in [0.1, 0.15) is 57.9 Å². The summed E-state index contributed by atoms with van der Waals surface area (Å²) in [6, 6.07) is 7.15. The SMILES string of the molecule is CC(C)C[C@H](N)C(=O)Nc1cccc(CS(=O)C2CCCCC2)c1.Cl. The maximum Gasteiger partial charge on any atom is 0.241 e. The van der Waals surface area contributed by atoms with Crippen molar-refractivity contribution >= 4 is 34.8 Å². The van der Waals surface area contributed by atoms with Gasteiger partial charge in [0, 0.05) is 27.5 Å². The van der Waals surface area contributed by atoms with E-state index in [1.165, 1.54) is 19.3 Å². The molecule has 1 saturated carbocycles. The van der Waals surface area contributed by atoms with Gasteiger partial charge in [0.1, 0.15) is 0 Å². The van der Waals surface area contributed by atoms with Crippen LogP contribution in [0.4, 0.5) is 5.69 Å². The summed E-state index contributed by atoms with van der Waals surface area (Å²) in [5.74, 6) is 0.788. The monoisotopic (exact) mass is 386 g/mol. The van der Waals surface area contributed by atoms with Gasteiger partial charge in [-0.05, 0) is 42.9 Å². The normalized spacial score (nSPS) is 17.6. The fraction of sp³-hybridized carbons (Fsp3) is 0.632. The first-order valence-electron chi connectivity index (χ1n) is 8.98. The van der Waals surface area contributed by atoms with E-state index < -0.39 is 16.8 Å². The summed E-state index contributed by atoms with van der Waals surface area (Å²) < 4.78 is 12.5. The summed E-state index contributed by atoms with van der Waals surface area (Å²) in [5.41, 5.74) is 7.66. The summed E-state index contributed by atoms with van der Waals surface area (Å²) in [6.45, 7) is 4.10. The van der Waals surface area contributed by atoms with Gasteiger partial charge in [-0.3, -0.25) is 9.00 Å². The quantitative estimate of drug-likeness (QED) is 0.743. The van der Waals surface area contributed by atoms with E-state index in [0.29, 0.717) is 23.3 Å². The molecule has 0 aliphatic heterocycles. The molecular formula is C19H31ClN2O2S. The number of carbonyl (C=O) groups is 1. The molecule has 0 heterocycles. The minimum absolute atomic E-state index is 0. The van der Waals surface area contributed by atoms with Gasteiger partial charge >= 0.3 is 0 Å². The van der Waals surface area contributed by atoms with E-state index >= 15 is 0 Å². The van der Waals surface area contributed by atoms with E-state index in [2.05, 4.69) is 5.32 Å². The largest absolute Gasteiger partial charge is 0.325 e. The van der Waals surface area contributed by atoms with E-state index in [4.69, 9.17) is 5.73 Å². The minimum atomic E-state index is -0.832. The topological polar surface area (TPSA) is 72.2 Å². The fourth-order valence-corrected chi connectivity index (χ4v) is 4.80. The lowest BCUT2D eigenvalue weighted by atomic mass is 10.0. The molecular weight excluding hydrogens is 356 g/mol. The molecule has 25 heavy (non-hydrogen) atoms. The molecule has 1 fully saturated rings. The molecule has 1 unspecified atom stereocenters. The summed E-state index contributed by atoms with van der Waals surface area (Å²) >= 11 is 0. The highest BCUT2D eigenvalue weighted by Crippen LogP contribution is 2.24. The molecule has 0 saturated heterocycles. The van der Waals surface area contributed by atoms with Crippen LogP contribution < -0.4 is 11.1 Å². The highest BCUT2D eigenvalue weighted by atomic mass is 35.5. The zero-order chi connectivity index (χ0) is 17.5. The summed E-state index contributed by atoms with van der Waals surface area (Å²) in [4.78, 5) is 12.1. The van der Waals surface area contributed by atoms with Crippen molar-refractivity contribution in [2.24, 2.45) is 11.7 Å². The second kappa shape index (κ2) is 10.9. The first-order valence-corrected chi connectivity index (χ1v) is 10.4. The number of rotatable bonds is 7. The number of halogens is 1. The van der Waals surface area contributed by atoms with Crippen molar-refractivity contribution < 1.29 is 9.00 Å². The zero-order valence-electron chi connectivity index (χ0n) is 15.2. The molecule has 0 aromatic heterocycles. The van der Waals surface area contributed by atoms with Gasteiger partial charge in [0.15, 0.2) is 0 Å². The number of nitrogens with two attached hydrogens (primary N) is 1. The molecule has 0 bridgehead atoms. The first kappa shape index (κ1) is 22.1. The van der Waals surface area contributed by atoms with Crippen molar-refractivity contribution in [1.29, 1.82) is 0 Å². The Morgan fingerprint density at radius 2 is 1.96 bits per heavy atom. The molecule has 4 nitrogen and oxygen atoms in total. The number of benzene rings is 1.